The molecule has 0 aromatic heterocycles. The summed E-state index contributed by atoms with van der Waals surface area (Å²) in [5, 5.41) is 0. The Morgan fingerprint density at radius 1 is 1.40 bits per heavy atom. The lowest BCUT2D eigenvalue weighted by atomic mass is 10.6. The van der Waals surface area contributed by atoms with Crippen molar-refractivity contribution < 1.29 is 0 Å². The van der Waals surface area contributed by atoms with Gasteiger partial charge in [-0.25, -0.2) is 0 Å². The Balaban J connectivity index is 0.000000810. The fraction of sp³-hybridized carbons (Fsp3) is 0.429. The fourth-order valence-corrected chi connectivity index (χ4v) is 0.840. The number of halogens is 1. The molecule has 0 aromatic rings. The lowest BCUT2D eigenvalue weighted by Crippen LogP contribution is -2.17. The van der Waals surface area contributed by atoms with E-state index in [0.717, 1.165) is 6.67 Å². The van der Waals surface area contributed by atoms with Crippen molar-refractivity contribution in [2.45, 2.75) is 6.92 Å². The maximum atomic E-state index is 2.12. The first-order chi connectivity index (χ1) is 4.33. The summed E-state index contributed by atoms with van der Waals surface area (Å²) in [6.07, 6.45) is 8.20. The van der Waals surface area contributed by atoms with Gasteiger partial charge in [0.05, 0.1) is 6.67 Å². The molecule has 10 heavy (non-hydrogen) atoms. The van der Waals surface area contributed by atoms with Crippen LogP contribution in [0.3, 0.4) is 0 Å². The van der Waals surface area contributed by atoms with Gasteiger partial charge in [-0.15, -0.1) is 12.4 Å². The van der Waals surface area contributed by atoms with Gasteiger partial charge in [-0.2, -0.15) is 0 Å². The lowest BCUT2D eigenvalue weighted by Gasteiger charge is -2.12. The molecule has 1 heterocycles. The van der Waals surface area contributed by atoms with Crippen LogP contribution >= 0.6 is 12.4 Å². The van der Waals surface area contributed by atoms with E-state index < -0.39 is 0 Å². The summed E-state index contributed by atoms with van der Waals surface area (Å²) in [6, 6.07) is 0. The molecule has 0 fully saturated rings. The summed E-state index contributed by atoms with van der Waals surface area (Å²) < 4.78 is 0. The third-order valence-corrected chi connectivity index (χ3v) is 1.24. The van der Waals surface area contributed by atoms with Crippen LogP contribution in [-0.2, 0) is 0 Å². The molecule has 1 aliphatic rings. The van der Waals surface area contributed by atoms with Crippen LogP contribution < -0.4 is 0 Å². The molecule has 0 unspecified atom stereocenters. The van der Waals surface area contributed by atoms with E-state index in [9.17, 15) is 0 Å². The predicted octanol–water partition coefficient (Wildman–Crippen LogP) is 1.62. The fourth-order valence-electron chi connectivity index (χ4n) is 0.840. The van der Waals surface area contributed by atoms with Crippen LogP contribution in [0.2, 0.25) is 0 Å². The second kappa shape index (κ2) is 4.23. The smallest absolute Gasteiger partial charge is 0.0932 e. The van der Waals surface area contributed by atoms with Crippen molar-refractivity contribution in [3.63, 3.8) is 0 Å². The number of nitrogens with zero attached hydrogens (tertiary/aromatic N) is 2. The normalized spacial score (nSPS) is 16.6. The molecule has 1 aliphatic heterocycles. The van der Waals surface area contributed by atoms with E-state index in [4.69, 9.17) is 0 Å². The Hall–Kier alpha value is -0.630. The Morgan fingerprint density at radius 2 is 2.10 bits per heavy atom. The molecule has 0 spiro atoms. The van der Waals surface area contributed by atoms with E-state index in [0.29, 0.717) is 0 Å². The van der Waals surface area contributed by atoms with Crippen molar-refractivity contribution in [1.82, 2.24) is 9.80 Å². The maximum Gasteiger partial charge on any atom is 0.0932 e. The number of rotatable bonds is 1. The van der Waals surface area contributed by atoms with Gasteiger partial charge in [0.1, 0.15) is 0 Å². The van der Waals surface area contributed by atoms with Gasteiger partial charge in [0.15, 0.2) is 0 Å². The highest BCUT2D eigenvalue weighted by Crippen LogP contribution is 2.02. The van der Waals surface area contributed by atoms with E-state index >= 15 is 0 Å². The molecule has 0 saturated carbocycles. The van der Waals surface area contributed by atoms with Gasteiger partial charge in [-0.3, -0.25) is 0 Å². The van der Waals surface area contributed by atoms with Gasteiger partial charge in [0.2, 0.25) is 0 Å². The second-order valence-electron chi connectivity index (χ2n) is 2.19. The van der Waals surface area contributed by atoms with Crippen LogP contribution in [0.1, 0.15) is 6.92 Å². The molecule has 0 aromatic carbocycles. The Labute approximate surface area is 68.2 Å². The zero-order valence-corrected chi connectivity index (χ0v) is 7.14. The zero-order chi connectivity index (χ0) is 6.69. The number of hydrogen-bond acceptors (Lipinski definition) is 2. The summed E-state index contributed by atoms with van der Waals surface area (Å²) in [5.74, 6) is 0. The minimum Gasteiger partial charge on any atom is -0.361 e. The maximum absolute atomic E-state index is 2.12. The van der Waals surface area contributed by atoms with Crippen molar-refractivity contribution >= 4 is 12.4 Å². The molecule has 3 heteroatoms. The van der Waals surface area contributed by atoms with Crippen LogP contribution in [-0.4, -0.2) is 23.5 Å². The first kappa shape index (κ1) is 9.37. The number of hydrogen-bond donors (Lipinski definition) is 0. The molecule has 0 amide bonds. The van der Waals surface area contributed by atoms with E-state index in [1.807, 2.05) is 13.0 Å². The summed E-state index contributed by atoms with van der Waals surface area (Å²) in [5.41, 5.74) is 0. The van der Waals surface area contributed by atoms with Crippen molar-refractivity contribution in [3.05, 3.63) is 24.7 Å². The van der Waals surface area contributed by atoms with Crippen LogP contribution in [0.5, 0.6) is 0 Å². The summed E-state index contributed by atoms with van der Waals surface area (Å²) >= 11 is 0. The average Bonchev–Trinajstić information content (AvgIpc) is 2.17. The van der Waals surface area contributed by atoms with Crippen LogP contribution in [0, 0.1) is 0 Å². The lowest BCUT2D eigenvalue weighted by molar-refractivity contribution is 0.364. The highest BCUT2D eigenvalue weighted by atomic mass is 35.5. The molecule has 2 nitrogen and oxygen atoms in total. The van der Waals surface area contributed by atoms with Crippen molar-refractivity contribution in [1.29, 1.82) is 0 Å². The molecule has 0 aliphatic carbocycles. The topological polar surface area (TPSA) is 6.48 Å². The van der Waals surface area contributed by atoms with Crippen molar-refractivity contribution in [2.75, 3.05) is 13.7 Å². The van der Waals surface area contributed by atoms with Gasteiger partial charge >= 0.3 is 0 Å². The van der Waals surface area contributed by atoms with E-state index in [1.165, 1.54) is 0 Å². The largest absolute Gasteiger partial charge is 0.361 e. The van der Waals surface area contributed by atoms with Gasteiger partial charge in [-0.1, -0.05) is 6.08 Å². The first-order valence-corrected chi connectivity index (χ1v) is 3.10. The highest BCUT2D eigenvalue weighted by Gasteiger charge is 2.02. The molecule has 1 rings (SSSR count). The number of allylic oxidation sites excluding steroid dienone is 1. The molecule has 0 atom stereocenters. The third kappa shape index (κ3) is 2.31. The van der Waals surface area contributed by atoms with Crippen LogP contribution in [0.25, 0.3) is 0 Å². The van der Waals surface area contributed by atoms with E-state index in [-0.39, 0.29) is 12.4 Å². The van der Waals surface area contributed by atoms with Gasteiger partial charge < -0.3 is 9.80 Å². The van der Waals surface area contributed by atoms with Crippen LogP contribution in [0.15, 0.2) is 24.7 Å². The monoisotopic (exact) mass is 160 g/mol. The van der Waals surface area contributed by atoms with Crippen molar-refractivity contribution in [2.24, 2.45) is 0 Å². The standard InChI is InChI=1S/C7H12N2.ClH/c1-3-4-9-6-5-8(2)7-9;/h3-6H,7H2,1-2H3;1H. The van der Waals surface area contributed by atoms with E-state index in [1.54, 1.807) is 0 Å². The Bertz CT molecular complexity index is 143. The summed E-state index contributed by atoms with van der Waals surface area (Å²) in [4.78, 5) is 4.25. The Kier molecular flexibility index (Phi) is 3.96. The van der Waals surface area contributed by atoms with Crippen LogP contribution in [0.4, 0.5) is 0 Å². The first-order valence-electron chi connectivity index (χ1n) is 3.10. The minimum atomic E-state index is 0. The minimum absolute atomic E-state index is 0. The molecule has 0 saturated heterocycles. The molecular weight excluding hydrogens is 148 g/mol. The molecule has 0 bridgehead atoms. The zero-order valence-electron chi connectivity index (χ0n) is 6.32. The average molecular weight is 161 g/mol. The second-order valence-corrected chi connectivity index (χ2v) is 2.19. The quantitative estimate of drug-likeness (QED) is 0.575. The molecule has 0 N–H and O–H groups in total. The molecule has 0 radical (unpaired) electrons. The summed E-state index contributed by atoms with van der Waals surface area (Å²) in [6.45, 7) is 3.00. The summed E-state index contributed by atoms with van der Waals surface area (Å²) in [7, 11) is 2.06. The third-order valence-electron chi connectivity index (χ3n) is 1.24. The Morgan fingerprint density at radius 3 is 2.50 bits per heavy atom. The molecular formula is C7H13ClN2. The predicted molar refractivity (Wildman–Crippen MR) is 45.7 cm³/mol. The van der Waals surface area contributed by atoms with Gasteiger partial charge in [0.25, 0.3) is 0 Å². The van der Waals surface area contributed by atoms with E-state index in [2.05, 4.69) is 35.4 Å². The highest BCUT2D eigenvalue weighted by molar-refractivity contribution is 5.85. The van der Waals surface area contributed by atoms with Gasteiger partial charge in [0, 0.05) is 25.6 Å². The SMILES string of the molecule is CC=CN1C=CN(C)C1.Cl. The van der Waals surface area contributed by atoms with Gasteiger partial charge in [-0.05, 0) is 6.92 Å². The molecule has 58 valence electrons. The van der Waals surface area contributed by atoms with Crippen molar-refractivity contribution in [3.8, 4) is 0 Å².